The fourth-order valence-corrected chi connectivity index (χ4v) is 3.95. The van der Waals surface area contributed by atoms with Crippen LogP contribution in [0.5, 0.6) is 0 Å². The summed E-state index contributed by atoms with van der Waals surface area (Å²) in [5.74, 6) is -0.318. The summed E-state index contributed by atoms with van der Waals surface area (Å²) in [6.07, 6.45) is -0.933. The molecular formula is C14H22N2O5S. The molecule has 0 saturated carbocycles. The van der Waals surface area contributed by atoms with Gasteiger partial charge in [0.1, 0.15) is 12.1 Å². The second kappa shape index (κ2) is 7.32. The number of thioether (sulfide) groups is 1. The summed E-state index contributed by atoms with van der Waals surface area (Å²) in [6.45, 7) is 5.04. The van der Waals surface area contributed by atoms with Crippen LogP contribution in [0.1, 0.15) is 26.7 Å². The van der Waals surface area contributed by atoms with E-state index < -0.39 is 24.2 Å². The Hall–Kier alpha value is -1.28. The van der Waals surface area contributed by atoms with E-state index in [1.807, 2.05) is 13.8 Å². The van der Waals surface area contributed by atoms with E-state index in [0.717, 1.165) is 0 Å². The summed E-state index contributed by atoms with van der Waals surface area (Å²) < 4.78 is 5.31. The summed E-state index contributed by atoms with van der Waals surface area (Å²) in [5, 5.41) is 8.94. The van der Waals surface area contributed by atoms with Crippen LogP contribution >= 0.6 is 11.8 Å². The zero-order chi connectivity index (χ0) is 16.3. The number of rotatable bonds is 5. The van der Waals surface area contributed by atoms with Crippen LogP contribution in [0.15, 0.2) is 0 Å². The molecule has 2 heterocycles. The van der Waals surface area contributed by atoms with Gasteiger partial charge in [0.15, 0.2) is 6.10 Å². The normalized spacial score (nSPS) is 27.9. The largest absolute Gasteiger partial charge is 0.479 e. The number of carboxylic acid groups (broad SMARTS) is 1. The summed E-state index contributed by atoms with van der Waals surface area (Å²) >= 11 is 1.54. The van der Waals surface area contributed by atoms with Crippen molar-refractivity contribution >= 4 is 29.5 Å². The van der Waals surface area contributed by atoms with E-state index in [4.69, 9.17) is 9.84 Å². The number of nitrogens with zero attached hydrogens (tertiary/aromatic N) is 2. The van der Waals surface area contributed by atoms with Crippen molar-refractivity contribution in [1.82, 2.24) is 9.80 Å². The molecule has 0 aromatic rings. The SMILES string of the molecule is CCN(CC)C(=O)C1CSCN1C(=O)[C@@H]1CC[C@H](C(=O)O)O1. The molecule has 2 fully saturated rings. The van der Waals surface area contributed by atoms with Gasteiger partial charge in [-0.25, -0.2) is 4.79 Å². The Bertz CT molecular complexity index is 455. The third-order valence-electron chi connectivity index (χ3n) is 4.10. The molecule has 1 N–H and O–H groups in total. The molecule has 124 valence electrons. The molecule has 0 aromatic heterocycles. The maximum Gasteiger partial charge on any atom is 0.332 e. The fourth-order valence-electron chi connectivity index (χ4n) is 2.80. The van der Waals surface area contributed by atoms with E-state index in [-0.39, 0.29) is 11.8 Å². The molecule has 3 atom stereocenters. The molecule has 2 rings (SSSR count). The number of aliphatic carboxylic acids is 1. The molecule has 7 nitrogen and oxygen atoms in total. The van der Waals surface area contributed by atoms with Crippen molar-refractivity contribution in [2.75, 3.05) is 24.7 Å². The van der Waals surface area contributed by atoms with E-state index in [2.05, 4.69) is 0 Å². The minimum atomic E-state index is -1.04. The predicted molar refractivity (Wildman–Crippen MR) is 81.4 cm³/mol. The van der Waals surface area contributed by atoms with E-state index in [1.54, 1.807) is 9.80 Å². The quantitative estimate of drug-likeness (QED) is 0.784. The maximum absolute atomic E-state index is 12.6. The minimum Gasteiger partial charge on any atom is -0.479 e. The van der Waals surface area contributed by atoms with E-state index in [9.17, 15) is 14.4 Å². The number of carboxylic acids is 1. The highest BCUT2D eigenvalue weighted by Gasteiger charge is 2.42. The first kappa shape index (κ1) is 17.1. The van der Waals surface area contributed by atoms with E-state index in [1.165, 1.54) is 11.8 Å². The van der Waals surface area contributed by atoms with Gasteiger partial charge < -0.3 is 19.6 Å². The number of amides is 2. The Labute approximate surface area is 134 Å². The van der Waals surface area contributed by atoms with Gasteiger partial charge in [-0.15, -0.1) is 11.8 Å². The standard InChI is InChI=1S/C14H22N2O5S/c1-3-15(4-2)12(17)9-7-22-8-16(9)13(18)10-5-6-11(21-10)14(19)20/h9-11H,3-8H2,1-2H3,(H,19,20)/t9?,10-,11+/m0/s1. The molecule has 0 radical (unpaired) electrons. The number of carbonyl (C=O) groups excluding carboxylic acids is 2. The van der Waals surface area contributed by atoms with Crippen LogP contribution in [-0.2, 0) is 19.1 Å². The molecule has 2 aliphatic rings. The summed E-state index contributed by atoms with van der Waals surface area (Å²) in [4.78, 5) is 39.2. The Morgan fingerprint density at radius 1 is 1.23 bits per heavy atom. The van der Waals surface area contributed by atoms with Crippen LogP contribution in [0.25, 0.3) is 0 Å². The third kappa shape index (κ3) is 3.38. The van der Waals surface area contributed by atoms with Crippen molar-refractivity contribution in [1.29, 1.82) is 0 Å². The lowest BCUT2D eigenvalue weighted by Gasteiger charge is -2.29. The van der Waals surface area contributed by atoms with Gasteiger partial charge in [-0.3, -0.25) is 9.59 Å². The second-order valence-corrected chi connectivity index (χ2v) is 6.36. The third-order valence-corrected chi connectivity index (χ3v) is 5.11. The molecule has 0 aliphatic carbocycles. The van der Waals surface area contributed by atoms with Crippen molar-refractivity contribution in [3.63, 3.8) is 0 Å². The van der Waals surface area contributed by atoms with Gasteiger partial charge in [0.2, 0.25) is 5.91 Å². The number of likely N-dealkylation sites (N-methyl/N-ethyl adjacent to an activating group) is 1. The van der Waals surface area contributed by atoms with Gasteiger partial charge in [-0.1, -0.05) is 0 Å². The Morgan fingerprint density at radius 2 is 1.86 bits per heavy atom. The molecule has 0 aromatic carbocycles. The molecule has 8 heteroatoms. The number of hydrogen-bond acceptors (Lipinski definition) is 5. The smallest absolute Gasteiger partial charge is 0.332 e. The molecule has 2 saturated heterocycles. The van der Waals surface area contributed by atoms with E-state index >= 15 is 0 Å². The minimum absolute atomic E-state index is 0.0452. The highest BCUT2D eigenvalue weighted by atomic mass is 32.2. The van der Waals surface area contributed by atoms with Gasteiger partial charge >= 0.3 is 5.97 Å². The lowest BCUT2D eigenvalue weighted by atomic mass is 10.1. The first-order valence-electron chi connectivity index (χ1n) is 7.54. The topological polar surface area (TPSA) is 87.2 Å². The van der Waals surface area contributed by atoms with E-state index in [0.29, 0.717) is 37.6 Å². The zero-order valence-electron chi connectivity index (χ0n) is 12.9. The highest BCUT2D eigenvalue weighted by molar-refractivity contribution is 7.99. The predicted octanol–water partition coefficient (Wildman–Crippen LogP) is 0.389. The highest BCUT2D eigenvalue weighted by Crippen LogP contribution is 2.28. The Balaban J connectivity index is 2.03. The van der Waals surface area contributed by atoms with Gasteiger partial charge in [0.05, 0.1) is 5.88 Å². The van der Waals surface area contributed by atoms with Crippen molar-refractivity contribution in [2.24, 2.45) is 0 Å². The molecule has 1 unspecified atom stereocenters. The van der Waals surface area contributed by atoms with Crippen LogP contribution < -0.4 is 0 Å². The monoisotopic (exact) mass is 330 g/mol. The van der Waals surface area contributed by atoms with Gasteiger partial charge in [0, 0.05) is 18.8 Å². The molecule has 2 aliphatic heterocycles. The maximum atomic E-state index is 12.6. The van der Waals surface area contributed by atoms with Gasteiger partial charge in [-0.05, 0) is 26.7 Å². The lowest BCUT2D eigenvalue weighted by molar-refractivity contribution is -0.157. The number of carbonyl (C=O) groups is 3. The van der Waals surface area contributed by atoms with Crippen LogP contribution in [0.4, 0.5) is 0 Å². The van der Waals surface area contributed by atoms with Crippen LogP contribution in [0, 0.1) is 0 Å². The Morgan fingerprint density at radius 3 is 2.41 bits per heavy atom. The van der Waals surface area contributed by atoms with Crippen LogP contribution in [0.2, 0.25) is 0 Å². The summed E-state index contributed by atoms with van der Waals surface area (Å²) in [6, 6.07) is -0.468. The molecule has 2 amide bonds. The lowest BCUT2D eigenvalue weighted by Crippen LogP contribution is -2.51. The number of hydrogen-bond donors (Lipinski definition) is 1. The van der Waals surface area contributed by atoms with Crippen LogP contribution in [-0.4, -0.2) is 75.7 Å². The summed E-state index contributed by atoms with van der Waals surface area (Å²) in [7, 11) is 0. The average molecular weight is 330 g/mol. The van der Waals surface area contributed by atoms with Crippen molar-refractivity contribution in [3.05, 3.63) is 0 Å². The van der Waals surface area contributed by atoms with Crippen LogP contribution in [0.3, 0.4) is 0 Å². The van der Waals surface area contributed by atoms with Crippen molar-refractivity contribution < 1.29 is 24.2 Å². The molecule has 0 bridgehead atoms. The molecular weight excluding hydrogens is 308 g/mol. The Kier molecular flexibility index (Phi) is 5.69. The van der Waals surface area contributed by atoms with Crippen molar-refractivity contribution in [2.45, 2.75) is 44.9 Å². The van der Waals surface area contributed by atoms with Gasteiger partial charge in [-0.2, -0.15) is 0 Å². The fraction of sp³-hybridized carbons (Fsp3) is 0.786. The zero-order valence-corrected chi connectivity index (χ0v) is 13.7. The average Bonchev–Trinajstić information content (AvgIpc) is 3.17. The first-order chi connectivity index (χ1) is 10.5. The molecule has 22 heavy (non-hydrogen) atoms. The van der Waals surface area contributed by atoms with Crippen molar-refractivity contribution in [3.8, 4) is 0 Å². The second-order valence-electron chi connectivity index (χ2n) is 5.36. The van der Waals surface area contributed by atoms with Gasteiger partial charge in [0.25, 0.3) is 5.91 Å². The summed E-state index contributed by atoms with van der Waals surface area (Å²) in [5.41, 5.74) is 0. The molecule has 0 spiro atoms. The first-order valence-corrected chi connectivity index (χ1v) is 8.70. The number of ether oxygens (including phenoxy) is 1.